The van der Waals surface area contributed by atoms with Crippen LogP contribution in [0.3, 0.4) is 0 Å². The minimum absolute atomic E-state index is 0.00866. The second-order valence-corrected chi connectivity index (χ2v) is 10.1. The minimum atomic E-state index is -3.48. The van der Waals surface area contributed by atoms with Gasteiger partial charge in [-0.3, -0.25) is 4.79 Å². The Bertz CT molecular complexity index is 808. The minimum Gasteiger partial charge on any atom is -0.373 e. The van der Waals surface area contributed by atoms with Gasteiger partial charge in [0.1, 0.15) is 0 Å². The van der Waals surface area contributed by atoms with Gasteiger partial charge in [-0.05, 0) is 26.0 Å². The maximum absolute atomic E-state index is 12.5. The van der Waals surface area contributed by atoms with Gasteiger partial charge in [-0.1, -0.05) is 12.1 Å². The van der Waals surface area contributed by atoms with E-state index in [2.05, 4.69) is 10.6 Å². The Kier molecular flexibility index (Phi) is 8.75. The topological polar surface area (TPSA) is 131 Å². The van der Waals surface area contributed by atoms with Crippen LogP contribution in [0.1, 0.15) is 20.3 Å². The standard InChI is InChI=1S/C18H28N4O5S2/c1-13-11-22(12-14(2)27-13)29(25,26)10-8-20-18(24)21-15-5-3-4-6-16(15)28-9-7-17(19)23/h3-6,13-14H,7-12H2,1-2H3,(H2,19,23)(H2,20,21,24). The Labute approximate surface area is 175 Å². The Morgan fingerprint density at radius 1 is 1.24 bits per heavy atom. The van der Waals surface area contributed by atoms with Crippen molar-refractivity contribution in [2.45, 2.75) is 37.4 Å². The average Bonchev–Trinajstić information content (AvgIpc) is 2.62. The van der Waals surface area contributed by atoms with E-state index < -0.39 is 16.1 Å². The predicted octanol–water partition coefficient (Wildman–Crippen LogP) is 1.21. The highest BCUT2D eigenvalue weighted by molar-refractivity contribution is 7.99. The maximum atomic E-state index is 12.5. The predicted molar refractivity (Wildman–Crippen MR) is 113 cm³/mol. The summed E-state index contributed by atoms with van der Waals surface area (Å²) < 4.78 is 32.0. The summed E-state index contributed by atoms with van der Waals surface area (Å²) in [5.41, 5.74) is 5.72. The number of amides is 3. The average molecular weight is 445 g/mol. The highest BCUT2D eigenvalue weighted by Gasteiger charge is 2.30. The number of carbonyl (C=O) groups excluding carboxylic acids is 2. The number of morpholine rings is 1. The molecular formula is C18H28N4O5S2. The summed E-state index contributed by atoms with van der Waals surface area (Å²) in [6, 6.07) is 6.67. The third-order valence-corrected chi connectivity index (χ3v) is 7.05. The van der Waals surface area contributed by atoms with Gasteiger partial charge in [0, 0.05) is 36.7 Å². The molecule has 162 valence electrons. The molecule has 11 heteroatoms. The summed E-state index contributed by atoms with van der Waals surface area (Å²) in [5, 5.41) is 5.29. The van der Waals surface area contributed by atoms with Crippen LogP contribution in [0.5, 0.6) is 0 Å². The van der Waals surface area contributed by atoms with Crippen molar-refractivity contribution in [2.75, 3.05) is 36.5 Å². The number of nitrogens with two attached hydrogens (primary N) is 1. The molecule has 1 aliphatic rings. The van der Waals surface area contributed by atoms with Crippen molar-refractivity contribution in [3.8, 4) is 0 Å². The van der Waals surface area contributed by atoms with Crippen molar-refractivity contribution in [2.24, 2.45) is 5.73 Å². The third kappa shape index (κ3) is 7.84. The van der Waals surface area contributed by atoms with E-state index >= 15 is 0 Å². The van der Waals surface area contributed by atoms with E-state index in [0.29, 0.717) is 24.5 Å². The van der Waals surface area contributed by atoms with Crippen LogP contribution in [-0.4, -0.2) is 68.0 Å². The number of para-hydroxylation sites is 1. The van der Waals surface area contributed by atoms with Crippen molar-refractivity contribution in [3.05, 3.63) is 24.3 Å². The molecule has 0 bridgehead atoms. The molecule has 1 heterocycles. The summed E-state index contributed by atoms with van der Waals surface area (Å²) in [6.45, 7) is 4.29. The zero-order valence-corrected chi connectivity index (χ0v) is 18.2. The Hall–Kier alpha value is -1.82. The molecule has 1 aromatic rings. The number of benzene rings is 1. The molecule has 2 unspecified atom stereocenters. The van der Waals surface area contributed by atoms with Gasteiger partial charge in [0.15, 0.2) is 0 Å². The van der Waals surface area contributed by atoms with Crippen LogP contribution in [0.4, 0.5) is 10.5 Å². The molecular weight excluding hydrogens is 416 g/mol. The van der Waals surface area contributed by atoms with E-state index in [9.17, 15) is 18.0 Å². The molecule has 0 aromatic heterocycles. The summed E-state index contributed by atoms with van der Waals surface area (Å²) in [5.74, 6) is -0.0648. The summed E-state index contributed by atoms with van der Waals surface area (Å²) >= 11 is 1.41. The molecule has 1 fully saturated rings. The first-order valence-electron chi connectivity index (χ1n) is 9.35. The largest absolute Gasteiger partial charge is 0.373 e. The van der Waals surface area contributed by atoms with Crippen LogP contribution < -0.4 is 16.4 Å². The smallest absolute Gasteiger partial charge is 0.319 e. The second kappa shape index (κ2) is 10.8. The molecule has 0 aliphatic carbocycles. The number of urea groups is 1. The first-order valence-corrected chi connectivity index (χ1v) is 11.9. The SMILES string of the molecule is CC1CN(S(=O)(=O)CCNC(=O)Nc2ccccc2SCCC(N)=O)CC(C)O1. The third-order valence-electron chi connectivity index (χ3n) is 4.17. The molecule has 1 aliphatic heterocycles. The molecule has 2 atom stereocenters. The van der Waals surface area contributed by atoms with E-state index in [-0.39, 0.29) is 36.8 Å². The molecule has 1 aromatic carbocycles. The lowest BCUT2D eigenvalue weighted by Crippen LogP contribution is -2.49. The number of anilines is 1. The molecule has 0 spiro atoms. The van der Waals surface area contributed by atoms with Crippen molar-refractivity contribution in [3.63, 3.8) is 0 Å². The molecule has 3 amide bonds. The highest BCUT2D eigenvalue weighted by atomic mass is 32.2. The Balaban J connectivity index is 1.83. The first kappa shape index (κ1) is 23.5. The van der Waals surface area contributed by atoms with Crippen LogP contribution in [-0.2, 0) is 19.6 Å². The number of ether oxygens (including phenoxy) is 1. The van der Waals surface area contributed by atoms with Crippen LogP contribution in [0.25, 0.3) is 0 Å². The monoisotopic (exact) mass is 444 g/mol. The second-order valence-electron chi connectivity index (χ2n) is 6.83. The van der Waals surface area contributed by atoms with E-state index in [1.807, 2.05) is 26.0 Å². The van der Waals surface area contributed by atoms with Gasteiger partial charge < -0.3 is 21.1 Å². The van der Waals surface area contributed by atoms with Gasteiger partial charge >= 0.3 is 6.03 Å². The molecule has 0 radical (unpaired) electrons. The van der Waals surface area contributed by atoms with Crippen LogP contribution in [0.15, 0.2) is 29.2 Å². The van der Waals surface area contributed by atoms with Crippen molar-refractivity contribution in [1.82, 2.24) is 9.62 Å². The summed E-state index contributed by atoms with van der Waals surface area (Å²) in [7, 11) is -3.48. The summed E-state index contributed by atoms with van der Waals surface area (Å²) in [4.78, 5) is 23.8. The van der Waals surface area contributed by atoms with Crippen molar-refractivity contribution in [1.29, 1.82) is 0 Å². The van der Waals surface area contributed by atoms with Gasteiger partial charge in [0.25, 0.3) is 0 Å². The number of thioether (sulfide) groups is 1. The number of primary amides is 1. The Morgan fingerprint density at radius 3 is 2.55 bits per heavy atom. The fourth-order valence-corrected chi connectivity index (χ4v) is 5.37. The number of nitrogens with zero attached hydrogens (tertiary/aromatic N) is 1. The van der Waals surface area contributed by atoms with Crippen LogP contribution in [0, 0.1) is 0 Å². The number of nitrogens with one attached hydrogen (secondary N) is 2. The quantitative estimate of drug-likeness (QED) is 0.491. The van der Waals surface area contributed by atoms with E-state index in [1.54, 1.807) is 12.1 Å². The fourth-order valence-electron chi connectivity index (χ4n) is 2.90. The molecule has 1 saturated heterocycles. The number of carbonyl (C=O) groups is 2. The van der Waals surface area contributed by atoms with E-state index in [1.165, 1.54) is 16.1 Å². The number of sulfonamides is 1. The fraction of sp³-hybridized carbons (Fsp3) is 0.556. The lowest BCUT2D eigenvalue weighted by atomic mass is 10.3. The summed E-state index contributed by atoms with van der Waals surface area (Å²) in [6.07, 6.45) is -0.0799. The van der Waals surface area contributed by atoms with Gasteiger partial charge in [-0.25, -0.2) is 13.2 Å². The molecule has 9 nitrogen and oxygen atoms in total. The van der Waals surface area contributed by atoms with Gasteiger partial charge in [0.05, 0.1) is 23.6 Å². The normalized spacial score (nSPS) is 20.2. The van der Waals surface area contributed by atoms with Crippen LogP contribution in [0.2, 0.25) is 0 Å². The number of hydrogen-bond acceptors (Lipinski definition) is 6. The van der Waals surface area contributed by atoms with Gasteiger partial charge in [0.2, 0.25) is 15.9 Å². The zero-order valence-electron chi connectivity index (χ0n) is 16.6. The lowest BCUT2D eigenvalue weighted by Gasteiger charge is -2.34. The first-order chi connectivity index (χ1) is 13.7. The van der Waals surface area contributed by atoms with Gasteiger partial charge in [-0.2, -0.15) is 4.31 Å². The van der Waals surface area contributed by atoms with E-state index in [4.69, 9.17) is 10.5 Å². The molecule has 2 rings (SSSR count). The Morgan fingerprint density at radius 2 is 1.90 bits per heavy atom. The molecule has 29 heavy (non-hydrogen) atoms. The van der Waals surface area contributed by atoms with Gasteiger partial charge in [-0.15, -0.1) is 11.8 Å². The number of hydrogen-bond donors (Lipinski definition) is 3. The lowest BCUT2D eigenvalue weighted by molar-refractivity contribution is -0.117. The molecule has 4 N–H and O–H groups in total. The highest BCUT2D eigenvalue weighted by Crippen LogP contribution is 2.27. The zero-order chi connectivity index (χ0) is 21.4. The van der Waals surface area contributed by atoms with E-state index in [0.717, 1.165) is 4.90 Å². The van der Waals surface area contributed by atoms with Crippen molar-refractivity contribution < 1.29 is 22.7 Å². The number of rotatable bonds is 9. The maximum Gasteiger partial charge on any atom is 0.319 e. The molecule has 0 saturated carbocycles. The van der Waals surface area contributed by atoms with Crippen molar-refractivity contribution >= 4 is 39.4 Å². The van der Waals surface area contributed by atoms with Crippen LogP contribution >= 0.6 is 11.8 Å².